The fraction of sp³-hybridized carbons (Fsp3) is 0.333. The zero-order valence-electron chi connectivity index (χ0n) is 29.7. The van der Waals surface area contributed by atoms with Gasteiger partial charge in [-0.25, -0.2) is 9.78 Å². The van der Waals surface area contributed by atoms with Crippen LogP contribution in [-0.4, -0.2) is 76.4 Å². The molecule has 0 unspecified atom stereocenters. The first-order valence-electron chi connectivity index (χ1n) is 17.0. The van der Waals surface area contributed by atoms with E-state index in [0.29, 0.717) is 60.8 Å². The predicted molar refractivity (Wildman–Crippen MR) is 198 cm³/mol. The van der Waals surface area contributed by atoms with E-state index in [1.165, 1.54) is 0 Å². The monoisotopic (exact) mass is 691 g/mol. The summed E-state index contributed by atoms with van der Waals surface area (Å²) in [5, 5.41) is 9.13. The number of hydrogen-bond donors (Lipinski definition) is 3. The molecule has 0 atom stereocenters. The number of nitrogens with zero attached hydrogens (tertiary/aromatic N) is 4. The molecule has 1 aliphatic heterocycles. The molecule has 1 saturated heterocycles. The van der Waals surface area contributed by atoms with Crippen molar-refractivity contribution in [2.45, 2.75) is 52.1 Å². The second-order valence-electron chi connectivity index (χ2n) is 13.8. The van der Waals surface area contributed by atoms with E-state index < -0.39 is 5.60 Å². The first kappa shape index (κ1) is 36.5. The normalized spacial score (nSPS) is 13.2. The molecule has 0 aliphatic carbocycles. The Hall–Kier alpha value is -5.78. The van der Waals surface area contributed by atoms with Crippen molar-refractivity contribution in [1.82, 2.24) is 19.8 Å². The van der Waals surface area contributed by atoms with Gasteiger partial charge < -0.3 is 30.5 Å². The smallest absolute Gasteiger partial charge is 0.410 e. The minimum Gasteiger partial charge on any atom is -0.444 e. The average molecular weight is 692 g/mol. The van der Waals surface area contributed by atoms with E-state index in [0.717, 1.165) is 16.7 Å². The summed E-state index contributed by atoms with van der Waals surface area (Å²) < 4.78 is 5.45. The molecule has 3 N–H and O–H groups in total. The molecule has 12 heteroatoms. The maximum absolute atomic E-state index is 13.0. The number of benzene rings is 2. The Morgan fingerprint density at radius 2 is 1.55 bits per heavy atom. The van der Waals surface area contributed by atoms with Gasteiger partial charge in [0.1, 0.15) is 11.4 Å². The van der Waals surface area contributed by atoms with E-state index in [1.54, 1.807) is 60.7 Å². The molecule has 0 saturated carbocycles. The topological polar surface area (TPSA) is 146 Å². The number of aromatic nitrogens is 2. The van der Waals surface area contributed by atoms with Crippen LogP contribution in [0, 0.1) is 5.92 Å². The lowest BCUT2D eigenvalue weighted by Gasteiger charge is -2.32. The SMILES string of the molecule is CN(C)C(=O)c1ccc(-c2ccc(Nc3cncc(NC(=O)CCc4cccc(NC(=O)C5CCN(C(=O)OC(C)(C)C)CC5)c4)c3)nc2)cc1. The molecule has 4 amide bonds. The van der Waals surface area contributed by atoms with E-state index in [1.807, 2.05) is 69.3 Å². The Bertz CT molecular complexity index is 1850. The van der Waals surface area contributed by atoms with Gasteiger partial charge in [0, 0.05) is 62.5 Å². The lowest BCUT2D eigenvalue weighted by molar-refractivity contribution is -0.121. The fourth-order valence-electron chi connectivity index (χ4n) is 5.61. The first-order chi connectivity index (χ1) is 24.3. The van der Waals surface area contributed by atoms with Gasteiger partial charge in [-0.1, -0.05) is 24.3 Å². The van der Waals surface area contributed by atoms with Crippen molar-refractivity contribution in [2.75, 3.05) is 43.1 Å². The summed E-state index contributed by atoms with van der Waals surface area (Å²) in [5.41, 5.74) is 4.73. The van der Waals surface area contributed by atoms with Crippen LogP contribution in [0.25, 0.3) is 11.1 Å². The van der Waals surface area contributed by atoms with Gasteiger partial charge in [0.2, 0.25) is 11.8 Å². The highest BCUT2D eigenvalue weighted by Crippen LogP contribution is 2.24. The third-order valence-corrected chi connectivity index (χ3v) is 8.28. The second kappa shape index (κ2) is 16.3. The van der Waals surface area contributed by atoms with Crippen LogP contribution in [0.1, 0.15) is 56.0 Å². The van der Waals surface area contributed by atoms with Gasteiger partial charge in [-0.2, -0.15) is 0 Å². The van der Waals surface area contributed by atoms with E-state index in [9.17, 15) is 19.2 Å². The number of carbonyl (C=O) groups excluding carboxylic acids is 4. The van der Waals surface area contributed by atoms with Crippen LogP contribution < -0.4 is 16.0 Å². The highest BCUT2D eigenvalue weighted by atomic mass is 16.6. The minimum absolute atomic E-state index is 0.0498. The summed E-state index contributed by atoms with van der Waals surface area (Å²) in [6.45, 7) is 6.45. The first-order valence-corrected chi connectivity index (χ1v) is 17.0. The third-order valence-electron chi connectivity index (χ3n) is 8.28. The number of rotatable bonds is 10. The minimum atomic E-state index is -0.559. The Balaban J connectivity index is 1.08. The molecule has 12 nitrogen and oxygen atoms in total. The van der Waals surface area contributed by atoms with Gasteiger partial charge in [0.15, 0.2) is 0 Å². The number of piperidine rings is 1. The predicted octanol–water partition coefficient (Wildman–Crippen LogP) is 6.75. The lowest BCUT2D eigenvalue weighted by atomic mass is 9.96. The Morgan fingerprint density at radius 3 is 2.22 bits per heavy atom. The summed E-state index contributed by atoms with van der Waals surface area (Å²) in [6.07, 6.45) is 6.49. The molecule has 3 heterocycles. The molecule has 266 valence electrons. The summed E-state index contributed by atoms with van der Waals surface area (Å²) in [6, 6.07) is 20.5. The van der Waals surface area contributed by atoms with Crippen molar-refractivity contribution >= 4 is 46.7 Å². The fourth-order valence-corrected chi connectivity index (χ4v) is 5.61. The number of hydrogen-bond acceptors (Lipinski definition) is 8. The zero-order valence-corrected chi connectivity index (χ0v) is 29.7. The number of carbonyl (C=O) groups is 4. The highest BCUT2D eigenvalue weighted by Gasteiger charge is 2.30. The van der Waals surface area contributed by atoms with Crippen molar-refractivity contribution in [3.05, 3.63) is 96.4 Å². The zero-order chi connectivity index (χ0) is 36.5. The molecule has 1 aliphatic rings. The molecule has 5 rings (SSSR count). The molecule has 2 aromatic heterocycles. The van der Waals surface area contributed by atoms with Gasteiger partial charge in [-0.15, -0.1) is 0 Å². The van der Waals surface area contributed by atoms with Gasteiger partial charge in [-0.3, -0.25) is 19.4 Å². The van der Waals surface area contributed by atoms with Crippen LogP contribution in [-0.2, 0) is 20.7 Å². The lowest BCUT2D eigenvalue weighted by Crippen LogP contribution is -2.43. The Morgan fingerprint density at radius 1 is 0.843 bits per heavy atom. The van der Waals surface area contributed by atoms with Crippen molar-refractivity contribution in [2.24, 2.45) is 5.92 Å². The number of nitrogens with one attached hydrogen (secondary N) is 3. The van der Waals surface area contributed by atoms with E-state index in [-0.39, 0.29) is 36.2 Å². The Labute approximate surface area is 298 Å². The van der Waals surface area contributed by atoms with E-state index in [2.05, 4.69) is 25.9 Å². The molecular formula is C39H45N7O5. The number of amides is 4. The molecule has 2 aromatic carbocycles. The van der Waals surface area contributed by atoms with Crippen molar-refractivity contribution < 1.29 is 23.9 Å². The number of likely N-dealkylation sites (tertiary alicyclic amines) is 1. The summed E-state index contributed by atoms with van der Waals surface area (Å²) in [4.78, 5) is 62.3. The van der Waals surface area contributed by atoms with Crippen LogP contribution >= 0.6 is 0 Å². The van der Waals surface area contributed by atoms with Gasteiger partial charge in [0.25, 0.3) is 5.91 Å². The summed E-state index contributed by atoms with van der Waals surface area (Å²) >= 11 is 0. The molecule has 4 aromatic rings. The van der Waals surface area contributed by atoms with Crippen molar-refractivity contribution in [1.29, 1.82) is 0 Å². The van der Waals surface area contributed by atoms with Crippen molar-refractivity contribution in [3.8, 4) is 11.1 Å². The summed E-state index contributed by atoms with van der Waals surface area (Å²) in [5.74, 6) is 0.121. The molecule has 0 radical (unpaired) electrons. The van der Waals surface area contributed by atoms with Gasteiger partial charge in [-0.05, 0) is 93.6 Å². The van der Waals surface area contributed by atoms with Crippen LogP contribution in [0.4, 0.5) is 27.7 Å². The number of pyridine rings is 2. The number of aryl methyl sites for hydroxylation is 1. The van der Waals surface area contributed by atoms with Crippen LogP contribution in [0.3, 0.4) is 0 Å². The van der Waals surface area contributed by atoms with Crippen LogP contribution in [0.15, 0.2) is 85.3 Å². The van der Waals surface area contributed by atoms with Gasteiger partial charge >= 0.3 is 6.09 Å². The molecule has 0 spiro atoms. The molecular weight excluding hydrogens is 646 g/mol. The van der Waals surface area contributed by atoms with Crippen LogP contribution in [0.2, 0.25) is 0 Å². The molecule has 1 fully saturated rings. The van der Waals surface area contributed by atoms with Crippen molar-refractivity contribution in [3.63, 3.8) is 0 Å². The summed E-state index contributed by atoms with van der Waals surface area (Å²) in [7, 11) is 3.45. The molecule has 0 bridgehead atoms. The van der Waals surface area contributed by atoms with E-state index >= 15 is 0 Å². The largest absolute Gasteiger partial charge is 0.444 e. The maximum Gasteiger partial charge on any atom is 0.410 e. The highest BCUT2D eigenvalue weighted by molar-refractivity contribution is 5.94. The van der Waals surface area contributed by atoms with Gasteiger partial charge in [0.05, 0.1) is 23.8 Å². The third kappa shape index (κ3) is 10.6. The van der Waals surface area contributed by atoms with Crippen LogP contribution in [0.5, 0.6) is 0 Å². The average Bonchev–Trinajstić information content (AvgIpc) is 3.10. The molecule has 51 heavy (non-hydrogen) atoms. The maximum atomic E-state index is 13.0. The van der Waals surface area contributed by atoms with E-state index in [4.69, 9.17) is 4.74 Å². The quantitative estimate of drug-likeness (QED) is 0.166. The second-order valence-corrected chi connectivity index (χ2v) is 13.8. The standard InChI is InChI=1S/C39H45N7O5/c1-39(2,3)51-38(50)46-19-17-28(18-20-46)36(48)44-31-8-6-7-26(21-31)9-16-35(47)43-33-22-32(24-40-25-33)42-34-15-14-30(23-41-34)27-10-12-29(13-11-27)37(49)45(4)5/h6-8,10-15,21-25,28H,9,16-20H2,1-5H3,(H,41,42)(H,43,47)(H,44,48). The Kier molecular flexibility index (Phi) is 11.7. The number of ether oxygens (including phenoxy) is 1. The number of anilines is 4.